The second-order valence-corrected chi connectivity index (χ2v) is 11.2. The van der Waals surface area contributed by atoms with Gasteiger partial charge in [-0.1, -0.05) is 158 Å². The Morgan fingerprint density at radius 3 is 1.05 bits per heavy atom. The smallest absolute Gasteiger partial charge is 0.0506 e. The van der Waals surface area contributed by atoms with Gasteiger partial charge >= 0.3 is 0 Å². The first-order valence-electron chi connectivity index (χ1n) is 15.3. The molecule has 1 heteroatoms. The summed E-state index contributed by atoms with van der Waals surface area (Å²) in [6.07, 6.45) is 3.65. The van der Waals surface area contributed by atoms with Crippen LogP contribution < -0.4 is 0 Å². The average molecular weight is 559 g/mol. The lowest BCUT2D eigenvalue weighted by atomic mass is 9.95. The Balaban J connectivity index is 1.12. The van der Waals surface area contributed by atoms with E-state index in [1.54, 1.807) is 0 Å². The van der Waals surface area contributed by atoms with Gasteiger partial charge in [-0.15, -0.1) is 0 Å². The molecule has 0 unspecified atom stereocenters. The van der Waals surface area contributed by atoms with E-state index in [9.17, 15) is 0 Å². The highest BCUT2D eigenvalue weighted by molar-refractivity contribution is 5.66. The third-order valence-electron chi connectivity index (χ3n) is 7.89. The van der Waals surface area contributed by atoms with E-state index >= 15 is 0 Å². The Bertz CT molecular complexity index is 1580. The van der Waals surface area contributed by atoms with Crippen LogP contribution in [0.3, 0.4) is 0 Å². The van der Waals surface area contributed by atoms with Gasteiger partial charge in [0.15, 0.2) is 0 Å². The van der Waals surface area contributed by atoms with Crippen molar-refractivity contribution in [1.82, 2.24) is 0 Å². The molecule has 0 saturated heterocycles. The van der Waals surface area contributed by atoms with E-state index in [0.717, 1.165) is 25.7 Å². The summed E-state index contributed by atoms with van der Waals surface area (Å²) >= 11 is 0. The van der Waals surface area contributed by atoms with Crippen molar-refractivity contribution in [2.45, 2.75) is 25.7 Å². The van der Waals surface area contributed by atoms with E-state index < -0.39 is 0 Å². The molecule has 6 aromatic carbocycles. The van der Waals surface area contributed by atoms with Crippen LogP contribution in [-0.4, -0.2) is 13.2 Å². The number of ether oxygens (including phenoxy) is 1. The fourth-order valence-corrected chi connectivity index (χ4v) is 5.76. The van der Waals surface area contributed by atoms with Crippen LogP contribution >= 0.6 is 0 Å². The van der Waals surface area contributed by atoms with Crippen LogP contribution in [0.4, 0.5) is 0 Å². The Morgan fingerprint density at radius 1 is 0.302 bits per heavy atom. The van der Waals surface area contributed by atoms with Gasteiger partial charge in [-0.3, -0.25) is 0 Å². The van der Waals surface area contributed by atoms with Gasteiger partial charge in [-0.2, -0.15) is 0 Å². The molecular formula is C42H38O. The summed E-state index contributed by atoms with van der Waals surface area (Å²) in [5.74, 6) is 0. The van der Waals surface area contributed by atoms with Gasteiger partial charge in [0.1, 0.15) is 0 Å². The molecule has 0 fully saturated rings. The molecule has 6 aromatic rings. The maximum atomic E-state index is 6.25. The van der Waals surface area contributed by atoms with Crippen LogP contribution in [0.2, 0.25) is 0 Å². The predicted octanol–water partition coefficient (Wildman–Crippen LogP) is 10.0. The highest BCUT2D eigenvalue weighted by Gasteiger charge is 2.07. The van der Waals surface area contributed by atoms with E-state index in [0.29, 0.717) is 13.2 Å². The van der Waals surface area contributed by atoms with E-state index in [4.69, 9.17) is 4.74 Å². The van der Waals surface area contributed by atoms with E-state index in [1.807, 2.05) is 0 Å². The molecule has 43 heavy (non-hydrogen) atoms. The molecule has 0 heterocycles. The molecule has 0 saturated carbocycles. The minimum atomic E-state index is 0.707. The van der Waals surface area contributed by atoms with Crippen LogP contribution in [0.25, 0.3) is 22.3 Å². The number of benzene rings is 6. The van der Waals surface area contributed by atoms with Gasteiger partial charge in [0.2, 0.25) is 0 Å². The zero-order chi connectivity index (χ0) is 29.1. The van der Waals surface area contributed by atoms with Crippen LogP contribution in [0, 0.1) is 0 Å². The van der Waals surface area contributed by atoms with Gasteiger partial charge in [0, 0.05) is 0 Å². The molecular weight excluding hydrogens is 520 g/mol. The summed E-state index contributed by atoms with van der Waals surface area (Å²) in [7, 11) is 0. The molecule has 0 aromatic heterocycles. The Hall–Kier alpha value is -4.72. The summed E-state index contributed by atoms with van der Waals surface area (Å²) in [5, 5.41) is 0. The van der Waals surface area contributed by atoms with Crippen LogP contribution in [0.1, 0.15) is 33.4 Å². The highest BCUT2D eigenvalue weighted by Crippen LogP contribution is 2.26. The molecule has 0 spiro atoms. The molecule has 1 nitrogen and oxygen atoms in total. The molecule has 0 aliphatic carbocycles. The zero-order valence-corrected chi connectivity index (χ0v) is 24.7. The standard InChI is InChI=1S/C42H38O/c1-5-13-33(14-6-1)25-37-27-35(29-41(31-37)39-17-9-3-10-18-39)21-23-43-24-22-36-28-38(26-34-15-7-2-8-16-34)32-42(30-36)40-19-11-4-12-20-40/h1-20,27-32H,21-26H2. The van der Waals surface area contributed by atoms with Gasteiger partial charge < -0.3 is 4.74 Å². The van der Waals surface area contributed by atoms with Gasteiger partial charge in [0.05, 0.1) is 13.2 Å². The quantitative estimate of drug-likeness (QED) is 0.136. The van der Waals surface area contributed by atoms with Crippen molar-refractivity contribution in [3.05, 3.63) is 191 Å². The lowest BCUT2D eigenvalue weighted by molar-refractivity contribution is 0.140. The summed E-state index contributed by atoms with van der Waals surface area (Å²) in [6.45, 7) is 1.41. The van der Waals surface area contributed by atoms with Gasteiger partial charge in [-0.25, -0.2) is 0 Å². The van der Waals surface area contributed by atoms with Gasteiger partial charge in [0.25, 0.3) is 0 Å². The first-order chi connectivity index (χ1) is 21.3. The third-order valence-corrected chi connectivity index (χ3v) is 7.89. The van der Waals surface area contributed by atoms with Crippen molar-refractivity contribution < 1.29 is 4.74 Å². The number of hydrogen-bond acceptors (Lipinski definition) is 1. The Kier molecular flexibility index (Phi) is 9.54. The zero-order valence-electron chi connectivity index (χ0n) is 24.7. The van der Waals surface area contributed by atoms with Crippen molar-refractivity contribution in [2.24, 2.45) is 0 Å². The molecule has 212 valence electrons. The minimum Gasteiger partial charge on any atom is -0.381 e. The largest absolute Gasteiger partial charge is 0.381 e. The van der Waals surface area contributed by atoms with E-state index in [2.05, 4.69) is 158 Å². The molecule has 6 rings (SSSR count). The lowest BCUT2D eigenvalue weighted by Crippen LogP contribution is -2.04. The number of hydrogen-bond donors (Lipinski definition) is 0. The van der Waals surface area contributed by atoms with Crippen molar-refractivity contribution in [2.75, 3.05) is 13.2 Å². The Labute approximate surface area is 256 Å². The fourth-order valence-electron chi connectivity index (χ4n) is 5.76. The second-order valence-electron chi connectivity index (χ2n) is 11.2. The second kappa shape index (κ2) is 14.4. The first-order valence-corrected chi connectivity index (χ1v) is 15.3. The fraction of sp³-hybridized carbons (Fsp3) is 0.143. The molecule has 0 amide bonds. The lowest BCUT2D eigenvalue weighted by Gasteiger charge is -2.12. The molecule has 0 aliphatic heterocycles. The molecule has 0 radical (unpaired) electrons. The predicted molar refractivity (Wildman–Crippen MR) is 180 cm³/mol. The topological polar surface area (TPSA) is 9.23 Å². The summed E-state index contributed by atoms with van der Waals surface area (Å²) < 4.78 is 6.25. The normalized spacial score (nSPS) is 11.0. The minimum absolute atomic E-state index is 0.707. The molecule has 0 aliphatic rings. The third kappa shape index (κ3) is 8.19. The van der Waals surface area contributed by atoms with Crippen molar-refractivity contribution in [3.63, 3.8) is 0 Å². The number of rotatable bonds is 12. The summed E-state index contributed by atoms with van der Waals surface area (Å²) in [6, 6.07) is 56.8. The summed E-state index contributed by atoms with van der Waals surface area (Å²) in [5.41, 5.74) is 13.0. The molecule has 0 N–H and O–H groups in total. The summed E-state index contributed by atoms with van der Waals surface area (Å²) in [4.78, 5) is 0. The van der Waals surface area contributed by atoms with Crippen LogP contribution in [-0.2, 0) is 30.4 Å². The highest BCUT2D eigenvalue weighted by atomic mass is 16.5. The van der Waals surface area contributed by atoms with Gasteiger partial charge in [-0.05, 0) is 81.3 Å². The SMILES string of the molecule is c1ccc(Cc2cc(CCOCCc3cc(Cc4ccccc4)cc(-c4ccccc4)c3)cc(-c3ccccc3)c2)cc1. The van der Waals surface area contributed by atoms with Crippen molar-refractivity contribution in [1.29, 1.82) is 0 Å². The Morgan fingerprint density at radius 2 is 0.651 bits per heavy atom. The van der Waals surface area contributed by atoms with E-state index in [-0.39, 0.29) is 0 Å². The average Bonchev–Trinajstić information content (AvgIpc) is 3.06. The van der Waals surface area contributed by atoms with Crippen molar-refractivity contribution in [3.8, 4) is 22.3 Å². The first kappa shape index (κ1) is 28.4. The molecule has 0 atom stereocenters. The van der Waals surface area contributed by atoms with E-state index in [1.165, 1.54) is 55.6 Å². The van der Waals surface area contributed by atoms with Crippen LogP contribution in [0.5, 0.6) is 0 Å². The molecule has 0 bridgehead atoms. The van der Waals surface area contributed by atoms with Crippen LogP contribution in [0.15, 0.2) is 158 Å². The monoisotopic (exact) mass is 558 g/mol. The maximum Gasteiger partial charge on any atom is 0.0506 e. The van der Waals surface area contributed by atoms with Crippen molar-refractivity contribution >= 4 is 0 Å². The maximum absolute atomic E-state index is 6.25.